The number of rotatable bonds is 8. The molecule has 0 saturated heterocycles. The largest absolute Gasteiger partial charge is 0.494 e. The minimum Gasteiger partial charge on any atom is -0.494 e. The molecule has 0 aliphatic rings. The second kappa shape index (κ2) is 10.1. The second-order valence-electron chi connectivity index (χ2n) is 8.69. The summed E-state index contributed by atoms with van der Waals surface area (Å²) in [5, 5.41) is 12.5. The summed E-state index contributed by atoms with van der Waals surface area (Å²) in [5.74, 6) is 1.07. The standard InChI is InChI=1S/C28H28N6O3/c1-4-37-23-14-12-21(13-15-23)18-29-26(35)20(3)33-28(36)24-25(19(2)30-33)31-34(22-10-6-5-7-11-22)27(24)32-16-8-9-17-32/h5-17,20H,4,18H2,1-3H3,(H,29,35)/t20-/m0/s1. The van der Waals surface area contributed by atoms with Crippen molar-refractivity contribution in [3.8, 4) is 17.3 Å². The predicted molar refractivity (Wildman–Crippen MR) is 141 cm³/mol. The van der Waals surface area contributed by atoms with E-state index in [2.05, 4.69) is 10.4 Å². The Bertz CT molecular complexity index is 1590. The third-order valence-corrected chi connectivity index (χ3v) is 6.18. The summed E-state index contributed by atoms with van der Waals surface area (Å²) in [5.41, 5.74) is 2.42. The van der Waals surface area contributed by atoms with Crippen molar-refractivity contribution in [3.63, 3.8) is 0 Å². The van der Waals surface area contributed by atoms with Gasteiger partial charge in [-0.2, -0.15) is 10.2 Å². The van der Waals surface area contributed by atoms with Gasteiger partial charge in [-0.15, -0.1) is 0 Å². The molecule has 0 aliphatic carbocycles. The smallest absolute Gasteiger partial charge is 0.280 e. The molecule has 5 rings (SSSR count). The Balaban J connectivity index is 1.51. The van der Waals surface area contributed by atoms with Crippen LogP contribution in [0.2, 0.25) is 0 Å². The van der Waals surface area contributed by atoms with Gasteiger partial charge in [0, 0.05) is 18.9 Å². The summed E-state index contributed by atoms with van der Waals surface area (Å²) in [7, 11) is 0. The molecule has 0 unspecified atom stereocenters. The summed E-state index contributed by atoms with van der Waals surface area (Å²) < 4.78 is 10.3. The number of aryl methyl sites for hydroxylation is 1. The first-order chi connectivity index (χ1) is 18.0. The highest BCUT2D eigenvalue weighted by Gasteiger charge is 2.25. The van der Waals surface area contributed by atoms with E-state index in [1.807, 2.05) is 90.6 Å². The van der Waals surface area contributed by atoms with E-state index >= 15 is 0 Å². The maximum Gasteiger partial charge on any atom is 0.280 e. The van der Waals surface area contributed by atoms with E-state index in [0.717, 1.165) is 17.0 Å². The lowest BCUT2D eigenvalue weighted by molar-refractivity contribution is -0.124. The minimum absolute atomic E-state index is 0.305. The Hall–Kier alpha value is -4.66. The van der Waals surface area contributed by atoms with Gasteiger partial charge in [-0.05, 0) is 62.7 Å². The molecule has 1 N–H and O–H groups in total. The molecule has 2 aromatic carbocycles. The summed E-state index contributed by atoms with van der Waals surface area (Å²) in [6, 6.07) is 20.1. The molecule has 0 radical (unpaired) electrons. The van der Waals surface area contributed by atoms with Crippen LogP contribution in [0.25, 0.3) is 22.4 Å². The van der Waals surface area contributed by atoms with Gasteiger partial charge in [0.25, 0.3) is 5.56 Å². The summed E-state index contributed by atoms with van der Waals surface area (Å²) in [6.45, 7) is 6.31. The molecular weight excluding hydrogens is 468 g/mol. The van der Waals surface area contributed by atoms with Gasteiger partial charge in [-0.1, -0.05) is 30.3 Å². The quantitative estimate of drug-likeness (QED) is 0.351. The van der Waals surface area contributed by atoms with Crippen molar-refractivity contribution in [2.75, 3.05) is 6.61 Å². The molecule has 5 aromatic rings. The zero-order chi connectivity index (χ0) is 25.9. The number of nitrogens with zero attached hydrogens (tertiary/aromatic N) is 5. The van der Waals surface area contributed by atoms with Crippen LogP contribution in [0.5, 0.6) is 5.75 Å². The number of carbonyl (C=O) groups is 1. The van der Waals surface area contributed by atoms with Crippen LogP contribution in [0.1, 0.15) is 31.1 Å². The highest BCUT2D eigenvalue weighted by Crippen LogP contribution is 2.25. The third-order valence-electron chi connectivity index (χ3n) is 6.18. The van der Waals surface area contributed by atoms with Crippen LogP contribution in [0, 0.1) is 6.92 Å². The van der Waals surface area contributed by atoms with Gasteiger partial charge in [0.15, 0.2) is 5.82 Å². The fraction of sp³-hybridized carbons (Fsp3) is 0.214. The number of hydrogen-bond donors (Lipinski definition) is 1. The molecule has 188 valence electrons. The van der Waals surface area contributed by atoms with Crippen LogP contribution in [-0.2, 0) is 11.3 Å². The first-order valence-corrected chi connectivity index (χ1v) is 12.2. The van der Waals surface area contributed by atoms with Crippen molar-refractivity contribution in [1.29, 1.82) is 0 Å². The molecule has 9 nitrogen and oxygen atoms in total. The van der Waals surface area contributed by atoms with Crippen molar-refractivity contribution in [3.05, 3.63) is 101 Å². The average molecular weight is 497 g/mol. The van der Waals surface area contributed by atoms with E-state index in [4.69, 9.17) is 9.84 Å². The van der Waals surface area contributed by atoms with Crippen molar-refractivity contribution < 1.29 is 9.53 Å². The number of ether oxygens (including phenoxy) is 1. The SMILES string of the molecule is CCOc1ccc(CNC(=O)[C@H](C)n2nc(C)c3nn(-c4ccccc4)c(-n4cccc4)c3c2=O)cc1. The topological polar surface area (TPSA) is 96.0 Å². The molecule has 0 fully saturated rings. The van der Waals surface area contributed by atoms with Crippen LogP contribution in [0.4, 0.5) is 0 Å². The molecule has 0 saturated carbocycles. The maximum atomic E-state index is 13.8. The number of aromatic nitrogens is 5. The van der Waals surface area contributed by atoms with Crippen LogP contribution in [0.3, 0.4) is 0 Å². The normalized spacial score (nSPS) is 12.0. The number of carbonyl (C=O) groups excluding carboxylic acids is 1. The molecule has 37 heavy (non-hydrogen) atoms. The lowest BCUT2D eigenvalue weighted by atomic mass is 10.2. The summed E-state index contributed by atoms with van der Waals surface area (Å²) in [4.78, 5) is 26.9. The Kier molecular flexibility index (Phi) is 6.59. The monoisotopic (exact) mass is 496 g/mol. The zero-order valence-corrected chi connectivity index (χ0v) is 21.0. The molecule has 1 atom stereocenters. The average Bonchev–Trinajstić information content (AvgIpc) is 3.59. The molecule has 0 bridgehead atoms. The van der Waals surface area contributed by atoms with Gasteiger partial charge in [0.1, 0.15) is 22.7 Å². The van der Waals surface area contributed by atoms with Crippen LogP contribution in [0.15, 0.2) is 83.9 Å². The van der Waals surface area contributed by atoms with Crippen LogP contribution in [-0.4, -0.2) is 36.6 Å². The summed E-state index contributed by atoms with van der Waals surface area (Å²) in [6.07, 6.45) is 3.73. The fourth-order valence-corrected chi connectivity index (χ4v) is 4.27. The molecule has 3 heterocycles. The molecule has 1 amide bonds. The van der Waals surface area contributed by atoms with E-state index in [9.17, 15) is 9.59 Å². The Morgan fingerprint density at radius 3 is 2.38 bits per heavy atom. The van der Waals surface area contributed by atoms with E-state index in [1.54, 1.807) is 18.5 Å². The van der Waals surface area contributed by atoms with E-state index < -0.39 is 6.04 Å². The molecule has 3 aromatic heterocycles. The number of benzene rings is 2. The molecule has 9 heteroatoms. The first kappa shape index (κ1) is 24.1. The van der Waals surface area contributed by atoms with Gasteiger partial charge >= 0.3 is 0 Å². The maximum absolute atomic E-state index is 13.8. The highest BCUT2D eigenvalue weighted by atomic mass is 16.5. The second-order valence-corrected chi connectivity index (χ2v) is 8.69. The van der Waals surface area contributed by atoms with E-state index in [0.29, 0.717) is 35.6 Å². The van der Waals surface area contributed by atoms with Crippen molar-refractivity contribution in [2.45, 2.75) is 33.4 Å². The van der Waals surface area contributed by atoms with Crippen molar-refractivity contribution in [1.82, 2.24) is 29.4 Å². The molecular formula is C28H28N6O3. The van der Waals surface area contributed by atoms with Gasteiger partial charge < -0.3 is 14.6 Å². The zero-order valence-electron chi connectivity index (χ0n) is 21.0. The first-order valence-electron chi connectivity index (χ1n) is 12.2. The Morgan fingerprint density at radius 2 is 1.70 bits per heavy atom. The van der Waals surface area contributed by atoms with E-state index in [1.165, 1.54) is 4.68 Å². The van der Waals surface area contributed by atoms with E-state index in [-0.39, 0.29) is 11.5 Å². The molecule has 0 spiro atoms. The predicted octanol–water partition coefficient (Wildman–Crippen LogP) is 3.96. The van der Waals surface area contributed by atoms with Gasteiger partial charge in [0.05, 0.1) is 18.0 Å². The van der Waals surface area contributed by atoms with Crippen molar-refractivity contribution in [2.24, 2.45) is 0 Å². The van der Waals surface area contributed by atoms with Crippen LogP contribution < -0.4 is 15.6 Å². The van der Waals surface area contributed by atoms with Crippen molar-refractivity contribution >= 4 is 16.8 Å². The lowest BCUT2D eigenvalue weighted by Gasteiger charge is -2.15. The van der Waals surface area contributed by atoms with Gasteiger partial charge in [0.2, 0.25) is 5.91 Å². The number of nitrogens with one attached hydrogen (secondary N) is 1. The minimum atomic E-state index is -0.823. The summed E-state index contributed by atoms with van der Waals surface area (Å²) >= 11 is 0. The van der Waals surface area contributed by atoms with Crippen LogP contribution >= 0.6 is 0 Å². The van der Waals surface area contributed by atoms with Gasteiger partial charge in [-0.3, -0.25) is 9.59 Å². The number of hydrogen-bond acceptors (Lipinski definition) is 5. The fourth-order valence-electron chi connectivity index (χ4n) is 4.27. The number of amides is 1. The highest BCUT2D eigenvalue weighted by molar-refractivity contribution is 5.88. The lowest BCUT2D eigenvalue weighted by Crippen LogP contribution is -2.37. The third kappa shape index (κ3) is 4.63. The number of fused-ring (bicyclic) bond motifs is 1. The Morgan fingerprint density at radius 1 is 1.00 bits per heavy atom. The van der Waals surface area contributed by atoms with Gasteiger partial charge in [-0.25, -0.2) is 9.36 Å². The Labute approximate surface area is 213 Å². The molecule has 0 aliphatic heterocycles. The number of para-hydroxylation sites is 1.